The molecule has 1 aromatic carbocycles. The van der Waals surface area contributed by atoms with E-state index >= 15 is 4.55 Å². The number of aliphatic hydroxyl groups excluding tert-OH is 3. The number of carboxylic acid groups (broad SMARTS) is 1. The number of aliphatic carboxylic acids is 1. The molecule has 9 amide bonds. The van der Waals surface area contributed by atoms with Crippen LogP contribution in [0.3, 0.4) is 0 Å². The van der Waals surface area contributed by atoms with Crippen molar-refractivity contribution in [3.8, 4) is 5.75 Å². The van der Waals surface area contributed by atoms with Gasteiger partial charge in [-0.2, -0.15) is 0 Å². The molecule has 3 aliphatic rings. The maximum absolute atomic E-state index is 15.2. The number of nitrogens with two attached hydrogens (primary N) is 1. The zero-order valence-corrected chi connectivity index (χ0v) is 39.7. The van der Waals surface area contributed by atoms with Gasteiger partial charge in [0.05, 0.1) is 57.4 Å². The summed E-state index contributed by atoms with van der Waals surface area (Å²) >= 11 is -2.54. The monoisotopic (exact) mass is 1000 g/mol. The van der Waals surface area contributed by atoms with Gasteiger partial charge in [-0.05, 0) is 18.1 Å². The van der Waals surface area contributed by atoms with Gasteiger partial charge in [-0.25, -0.2) is 0 Å². The number of hydrogen-bond donors (Lipinski definition) is 12. The number of aryl methyl sites for hydroxylation is 1. The fraction of sp³-hybridized carbons (Fsp3) is 0.581. The molecule has 0 radical (unpaired) electrons. The number of aliphatic hydroxyl groups is 3. The second-order valence-corrected chi connectivity index (χ2v) is 18.9. The number of aromatic nitrogens is 1. The maximum Gasteiger partial charge on any atom is 0.305 e. The summed E-state index contributed by atoms with van der Waals surface area (Å²) in [5.74, 6) is -13.4. The molecule has 70 heavy (non-hydrogen) atoms. The molecule has 11 atom stereocenters. The van der Waals surface area contributed by atoms with Gasteiger partial charge in [0.25, 0.3) is 0 Å². The van der Waals surface area contributed by atoms with Crippen LogP contribution < -0.4 is 47.7 Å². The average molecular weight is 1010 g/mol. The van der Waals surface area contributed by atoms with Gasteiger partial charge in [-0.15, -0.1) is 0 Å². The van der Waals surface area contributed by atoms with Crippen LogP contribution in [0.1, 0.15) is 52.0 Å². The summed E-state index contributed by atoms with van der Waals surface area (Å²) in [5, 5.41) is 58.5. The van der Waals surface area contributed by atoms with Crippen molar-refractivity contribution in [1.82, 2.24) is 46.7 Å². The van der Waals surface area contributed by atoms with Crippen molar-refractivity contribution in [2.45, 2.75) is 113 Å². The highest BCUT2D eigenvalue weighted by Gasteiger charge is 2.45. The van der Waals surface area contributed by atoms with Crippen molar-refractivity contribution in [2.24, 2.45) is 17.6 Å². The van der Waals surface area contributed by atoms with Crippen LogP contribution in [-0.2, 0) is 72.1 Å². The SMILES string of the molecule is CC[C@H](C)[C@@H]1NC(=O)CNC(=O)C2Cc3c(n(CCC(=O)O)c4cc(OC)ccc34)[S@+]([O-])CC(NC(=O)CNC1=O)C(=O)N[C@@H](CC(N)=O)C(=O)N1CC(O)C[C@H]1C(=O)N[C@@H]([C@@H](C)[C@@H](O)CO)C(=O)N2. The molecule has 1 fully saturated rings. The zero-order valence-electron chi connectivity index (χ0n) is 38.9. The van der Waals surface area contributed by atoms with Crippen LogP contribution in [-0.4, -0.2) is 181 Å². The van der Waals surface area contributed by atoms with E-state index in [1.54, 1.807) is 13.8 Å². The van der Waals surface area contributed by atoms with Gasteiger partial charge in [0.1, 0.15) is 41.7 Å². The summed E-state index contributed by atoms with van der Waals surface area (Å²) < 4.78 is 22.0. The largest absolute Gasteiger partial charge is 0.610 e. The van der Waals surface area contributed by atoms with E-state index in [0.717, 1.165) is 4.90 Å². The summed E-state index contributed by atoms with van der Waals surface area (Å²) in [4.78, 5) is 138. The predicted molar refractivity (Wildman–Crippen MR) is 243 cm³/mol. The Balaban J connectivity index is 1.82. The fourth-order valence-electron chi connectivity index (χ4n) is 8.47. The minimum atomic E-state index is -2.54. The zero-order chi connectivity index (χ0) is 51.7. The highest BCUT2D eigenvalue weighted by atomic mass is 32.2. The number of amides is 9. The lowest BCUT2D eigenvalue weighted by atomic mass is 9.93. The van der Waals surface area contributed by atoms with Gasteiger partial charge in [-0.3, -0.25) is 47.9 Å². The molecular formula is C43H60N10O16S. The van der Waals surface area contributed by atoms with E-state index in [9.17, 15) is 68.4 Å². The number of fused-ring (bicyclic) bond motifs is 5. The van der Waals surface area contributed by atoms with E-state index in [0.29, 0.717) is 6.42 Å². The van der Waals surface area contributed by atoms with Gasteiger partial charge in [0.2, 0.25) is 58.2 Å². The summed E-state index contributed by atoms with van der Waals surface area (Å²) in [6, 6.07) is -5.85. The molecule has 1 aromatic heterocycles. The molecule has 3 unspecified atom stereocenters. The lowest BCUT2D eigenvalue weighted by Crippen LogP contribution is -2.62. The van der Waals surface area contributed by atoms with Gasteiger partial charge in [-0.1, -0.05) is 27.2 Å². The number of nitrogens with one attached hydrogen (secondary N) is 7. The van der Waals surface area contributed by atoms with E-state index in [1.807, 2.05) is 0 Å². The highest BCUT2D eigenvalue weighted by Crippen LogP contribution is 2.35. The second kappa shape index (κ2) is 23.8. The number of rotatable bonds is 11. The van der Waals surface area contributed by atoms with Crippen LogP contribution in [0.25, 0.3) is 10.9 Å². The normalized spacial score (nSPS) is 27.0. The third-order valence-electron chi connectivity index (χ3n) is 12.5. The number of ether oxygens (including phenoxy) is 1. The Morgan fingerprint density at radius 2 is 1.57 bits per heavy atom. The minimum Gasteiger partial charge on any atom is -0.610 e. The molecule has 5 rings (SSSR count). The van der Waals surface area contributed by atoms with Crippen molar-refractivity contribution in [1.29, 1.82) is 0 Å². The number of carbonyl (C=O) groups excluding carboxylic acids is 9. The molecule has 4 heterocycles. The number of methoxy groups -OCH3 is 1. The van der Waals surface area contributed by atoms with Crippen molar-refractivity contribution < 1.29 is 77.7 Å². The number of nitrogens with zero attached hydrogens (tertiary/aromatic N) is 2. The number of carbonyl (C=O) groups is 10. The van der Waals surface area contributed by atoms with Crippen LogP contribution in [0.2, 0.25) is 0 Å². The molecule has 0 aliphatic carbocycles. The lowest BCUT2D eigenvalue weighted by molar-refractivity contribution is -0.144. The molecule has 26 nitrogen and oxygen atoms in total. The molecule has 27 heteroatoms. The van der Waals surface area contributed by atoms with Crippen LogP contribution in [0, 0.1) is 11.8 Å². The fourth-order valence-corrected chi connectivity index (χ4v) is 10.1. The number of primary amides is 1. The summed E-state index contributed by atoms with van der Waals surface area (Å²) in [7, 11) is 1.35. The molecule has 1 saturated heterocycles. The topological polar surface area (TPSA) is 402 Å². The van der Waals surface area contributed by atoms with E-state index < -0.39 is 195 Å². The first-order valence-electron chi connectivity index (χ1n) is 22.5. The molecule has 2 bridgehead atoms. The summed E-state index contributed by atoms with van der Waals surface area (Å²) in [5.41, 5.74) is 5.74. The van der Waals surface area contributed by atoms with Gasteiger partial charge in [0.15, 0.2) is 6.04 Å². The summed E-state index contributed by atoms with van der Waals surface area (Å²) in [6.45, 7) is 1.17. The maximum atomic E-state index is 15.2. The van der Waals surface area contributed by atoms with E-state index in [1.165, 1.54) is 36.8 Å². The van der Waals surface area contributed by atoms with E-state index in [-0.39, 0.29) is 27.2 Å². The van der Waals surface area contributed by atoms with Gasteiger partial charge < -0.3 is 82.1 Å². The molecule has 0 saturated carbocycles. The Labute approximate surface area is 403 Å². The smallest absolute Gasteiger partial charge is 0.305 e. The van der Waals surface area contributed by atoms with Crippen molar-refractivity contribution >= 4 is 81.2 Å². The standard InChI is InChI=1S/C43H60N10O16S/c1-5-19(2)35-40(65)46-14-32(58)47-27-18-70(68)43-24(23-7-6-22(69-4)11-28(23)52(43)9-8-34(60)61)12-25(37(62)45-15-33(59)50-35)48-41(66)36(20(3)30(56)17-54)51-39(64)29-10-21(55)16-53(29)42(67)26(13-31(44)57)49-38(27)63/h6-7,11,19-21,25-27,29-30,35-36,54-56H,5,8-10,12-18H2,1-4H3,(H2,44,57)(H,45,62)(H,46,65)(H,47,58)(H,48,66)(H,49,63)(H,50,59)(H,51,64)(H,60,61)/t19-,20-,21?,25?,26-,27?,29-,30-,35-,36-,70+/m0/s1. The number of benzene rings is 1. The van der Waals surface area contributed by atoms with Gasteiger partial charge in [0, 0.05) is 60.0 Å². The Morgan fingerprint density at radius 3 is 2.20 bits per heavy atom. The first kappa shape index (κ1) is 54.4. The molecule has 384 valence electrons. The van der Waals surface area contributed by atoms with Crippen LogP contribution in [0.15, 0.2) is 23.2 Å². The molecule has 2 aromatic rings. The molecule has 13 N–H and O–H groups in total. The third-order valence-corrected chi connectivity index (χ3v) is 14.1. The highest BCUT2D eigenvalue weighted by molar-refractivity contribution is 7.91. The minimum absolute atomic E-state index is 0.0180. The summed E-state index contributed by atoms with van der Waals surface area (Å²) in [6.07, 6.45) is -5.25. The Morgan fingerprint density at radius 1 is 0.900 bits per heavy atom. The Hall–Kier alpha value is -6.55. The Bertz CT molecular complexity index is 2370. The average Bonchev–Trinajstić information content (AvgIpc) is 3.86. The van der Waals surface area contributed by atoms with Crippen LogP contribution in [0.5, 0.6) is 5.75 Å². The third kappa shape index (κ3) is 13.0. The molecular weight excluding hydrogens is 945 g/mol. The Kier molecular flexibility index (Phi) is 18.5. The van der Waals surface area contributed by atoms with Gasteiger partial charge >= 0.3 is 5.97 Å². The predicted octanol–water partition coefficient (Wildman–Crippen LogP) is -5.67. The van der Waals surface area contributed by atoms with Crippen molar-refractivity contribution in [3.05, 3.63) is 23.8 Å². The number of carboxylic acids is 1. The second-order valence-electron chi connectivity index (χ2n) is 17.4. The first-order valence-corrected chi connectivity index (χ1v) is 23.8. The quantitative estimate of drug-likeness (QED) is 0.0934. The van der Waals surface area contributed by atoms with E-state index in [4.69, 9.17) is 10.5 Å². The van der Waals surface area contributed by atoms with Crippen LogP contribution >= 0.6 is 0 Å². The first-order chi connectivity index (χ1) is 33.1. The lowest BCUT2D eigenvalue weighted by Gasteiger charge is -2.33. The van der Waals surface area contributed by atoms with Crippen molar-refractivity contribution in [2.75, 3.05) is 39.1 Å². The van der Waals surface area contributed by atoms with Crippen LogP contribution in [0.4, 0.5) is 0 Å². The van der Waals surface area contributed by atoms with E-state index in [2.05, 4.69) is 37.2 Å². The van der Waals surface area contributed by atoms with Crippen molar-refractivity contribution in [3.63, 3.8) is 0 Å². The molecule has 0 spiro atoms. The number of hydrogen-bond acceptors (Lipinski definition) is 15. The molecule has 3 aliphatic heterocycles.